The summed E-state index contributed by atoms with van der Waals surface area (Å²) in [5.74, 6) is 1.44. The molecule has 164 valence electrons. The number of aromatic nitrogens is 3. The third-order valence-corrected chi connectivity index (χ3v) is 4.68. The van der Waals surface area contributed by atoms with E-state index >= 15 is 0 Å². The van der Waals surface area contributed by atoms with Gasteiger partial charge in [-0.3, -0.25) is 4.79 Å². The maximum atomic E-state index is 10.8. The van der Waals surface area contributed by atoms with Crippen LogP contribution in [0.2, 0.25) is 0 Å². The lowest BCUT2D eigenvalue weighted by atomic mass is 10.2. The molecule has 2 heterocycles. The standard InChI is InChI=1S/C22H24N8O2/c23-19(31)15-32-18-10-8-16(9-11-18)14-24-29-21-26-20(25-17-6-2-1-3-7-17)27-22(28-21)30-12-4-5-13-30/h1-3,6-11,14H,4-5,12-13,15H2,(H2,23,31)(H2,25,26,27,28,29)/b24-14+. The van der Waals surface area contributed by atoms with Crippen LogP contribution in [-0.4, -0.2) is 46.8 Å². The molecule has 0 spiro atoms. The molecule has 0 bridgehead atoms. The molecule has 1 aliphatic heterocycles. The summed E-state index contributed by atoms with van der Waals surface area (Å²) >= 11 is 0. The van der Waals surface area contributed by atoms with Crippen molar-refractivity contribution in [3.05, 3.63) is 60.2 Å². The van der Waals surface area contributed by atoms with Crippen molar-refractivity contribution in [2.75, 3.05) is 35.3 Å². The van der Waals surface area contributed by atoms with Crippen molar-refractivity contribution in [3.8, 4) is 5.75 Å². The number of hydrogen-bond acceptors (Lipinski definition) is 9. The summed E-state index contributed by atoms with van der Waals surface area (Å²) in [6, 6.07) is 16.8. The maximum absolute atomic E-state index is 10.8. The lowest BCUT2D eigenvalue weighted by molar-refractivity contribution is -0.119. The van der Waals surface area contributed by atoms with Crippen LogP contribution < -0.4 is 26.1 Å². The van der Waals surface area contributed by atoms with Gasteiger partial charge in [0.05, 0.1) is 6.21 Å². The maximum Gasteiger partial charge on any atom is 0.255 e. The average Bonchev–Trinajstić information content (AvgIpc) is 3.34. The van der Waals surface area contributed by atoms with Crippen LogP contribution in [0.4, 0.5) is 23.5 Å². The molecule has 0 saturated carbocycles. The Morgan fingerprint density at radius 1 is 1.03 bits per heavy atom. The highest BCUT2D eigenvalue weighted by Gasteiger charge is 2.17. The van der Waals surface area contributed by atoms with E-state index in [9.17, 15) is 4.79 Å². The number of nitrogens with two attached hydrogens (primary N) is 1. The van der Waals surface area contributed by atoms with E-state index in [-0.39, 0.29) is 6.61 Å². The minimum atomic E-state index is -0.522. The number of benzene rings is 2. The van der Waals surface area contributed by atoms with E-state index in [0.29, 0.717) is 23.6 Å². The Kier molecular flexibility index (Phi) is 6.71. The van der Waals surface area contributed by atoms with Crippen molar-refractivity contribution in [2.45, 2.75) is 12.8 Å². The first-order valence-electron chi connectivity index (χ1n) is 10.3. The second-order valence-electron chi connectivity index (χ2n) is 7.16. The average molecular weight is 432 g/mol. The molecule has 1 aliphatic rings. The Morgan fingerprint density at radius 2 is 1.75 bits per heavy atom. The predicted molar refractivity (Wildman–Crippen MR) is 123 cm³/mol. The van der Waals surface area contributed by atoms with Gasteiger partial charge in [0, 0.05) is 18.8 Å². The van der Waals surface area contributed by atoms with Crippen molar-refractivity contribution in [3.63, 3.8) is 0 Å². The first kappa shape index (κ1) is 21.0. The number of amides is 1. The third-order valence-electron chi connectivity index (χ3n) is 4.68. The van der Waals surface area contributed by atoms with Crippen molar-refractivity contribution >= 4 is 35.7 Å². The van der Waals surface area contributed by atoms with Crippen molar-refractivity contribution in [1.29, 1.82) is 0 Å². The topological polar surface area (TPSA) is 131 Å². The van der Waals surface area contributed by atoms with E-state index in [0.717, 1.165) is 37.2 Å². The molecular formula is C22H24N8O2. The predicted octanol–water partition coefficient (Wildman–Crippen LogP) is 2.53. The summed E-state index contributed by atoms with van der Waals surface area (Å²) in [6.07, 6.45) is 3.88. The zero-order valence-electron chi connectivity index (χ0n) is 17.4. The van der Waals surface area contributed by atoms with Gasteiger partial charge >= 0.3 is 0 Å². The van der Waals surface area contributed by atoms with Gasteiger partial charge < -0.3 is 20.7 Å². The number of hydrogen-bond donors (Lipinski definition) is 3. The summed E-state index contributed by atoms with van der Waals surface area (Å²) < 4.78 is 5.25. The van der Waals surface area contributed by atoms with Crippen LogP contribution in [0, 0.1) is 0 Å². The van der Waals surface area contributed by atoms with E-state index in [1.807, 2.05) is 42.5 Å². The lowest BCUT2D eigenvalue weighted by Gasteiger charge is -2.16. The van der Waals surface area contributed by atoms with Crippen LogP contribution in [0.15, 0.2) is 59.7 Å². The van der Waals surface area contributed by atoms with Crippen LogP contribution >= 0.6 is 0 Å². The highest BCUT2D eigenvalue weighted by Crippen LogP contribution is 2.20. The number of rotatable bonds is 9. The van der Waals surface area contributed by atoms with E-state index in [1.165, 1.54) is 0 Å². The summed E-state index contributed by atoms with van der Waals surface area (Å²) in [5.41, 5.74) is 9.69. The first-order chi connectivity index (χ1) is 15.7. The Balaban J connectivity index is 1.46. The summed E-state index contributed by atoms with van der Waals surface area (Å²) in [4.78, 5) is 26.5. The van der Waals surface area contributed by atoms with Gasteiger partial charge in [-0.1, -0.05) is 18.2 Å². The Bertz CT molecular complexity index is 1070. The number of ether oxygens (including phenoxy) is 1. The minimum Gasteiger partial charge on any atom is -0.484 e. The van der Waals surface area contributed by atoms with Crippen LogP contribution in [-0.2, 0) is 4.79 Å². The highest BCUT2D eigenvalue weighted by atomic mass is 16.5. The van der Waals surface area contributed by atoms with Crippen LogP contribution in [0.3, 0.4) is 0 Å². The monoisotopic (exact) mass is 432 g/mol. The second-order valence-corrected chi connectivity index (χ2v) is 7.16. The van der Waals surface area contributed by atoms with E-state index in [2.05, 4.69) is 35.7 Å². The van der Waals surface area contributed by atoms with Gasteiger partial charge in [0.25, 0.3) is 5.91 Å². The molecule has 3 aromatic rings. The van der Waals surface area contributed by atoms with Gasteiger partial charge in [0.1, 0.15) is 5.75 Å². The van der Waals surface area contributed by atoms with Gasteiger partial charge in [-0.15, -0.1) is 0 Å². The molecule has 10 nitrogen and oxygen atoms in total. The fourth-order valence-corrected chi connectivity index (χ4v) is 3.15. The smallest absolute Gasteiger partial charge is 0.255 e. The molecule has 4 rings (SSSR count). The molecule has 1 aromatic heterocycles. The Morgan fingerprint density at radius 3 is 2.47 bits per heavy atom. The largest absolute Gasteiger partial charge is 0.484 e. The summed E-state index contributed by atoms with van der Waals surface area (Å²) in [5, 5.41) is 7.46. The summed E-state index contributed by atoms with van der Waals surface area (Å²) in [7, 11) is 0. The molecule has 1 fully saturated rings. The molecule has 1 amide bonds. The van der Waals surface area contributed by atoms with Crippen LogP contribution in [0.1, 0.15) is 18.4 Å². The normalized spacial score (nSPS) is 13.3. The SMILES string of the molecule is NC(=O)COc1ccc(/C=N/Nc2nc(Nc3ccccc3)nc(N3CCCC3)n2)cc1. The molecule has 0 radical (unpaired) electrons. The van der Waals surface area contributed by atoms with Crippen molar-refractivity contribution in [1.82, 2.24) is 15.0 Å². The van der Waals surface area contributed by atoms with E-state index < -0.39 is 5.91 Å². The molecule has 1 saturated heterocycles. The number of anilines is 4. The fraction of sp³-hybridized carbons (Fsp3) is 0.227. The molecule has 0 aliphatic carbocycles. The van der Waals surface area contributed by atoms with Gasteiger partial charge in [0.15, 0.2) is 6.61 Å². The molecule has 10 heteroatoms. The fourth-order valence-electron chi connectivity index (χ4n) is 3.15. The number of carbonyl (C=O) groups excluding carboxylic acids is 1. The molecule has 4 N–H and O–H groups in total. The Labute approximate surface area is 185 Å². The second kappa shape index (κ2) is 10.2. The van der Waals surface area contributed by atoms with Crippen molar-refractivity contribution < 1.29 is 9.53 Å². The first-order valence-corrected chi connectivity index (χ1v) is 10.3. The number of nitrogens with one attached hydrogen (secondary N) is 2. The quantitative estimate of drug-likeness (QED) is 0.347. The zero-order chi connectivity index (χ0) is 22.2. The number of nitrogens with zero attached hydrogens (tertiary/aromatic N) is 5. The number of hydrazone groups is 1. The van der Waals surface area contributed by atoms with Crippen LogP contribution in [0.25, 0.3) is 0 Å². The molecule has 2 aromatic carbocycles. The number of primary amides is 1. The summed E-state index contributed by atoms with van der Waals surface area (Å²) in [6.45, 7) is 1.68. The van der Waals surface area contributed by atoms with E-state index in [4.69, 9.17) is 10.5 Å². The highest BCUT2D eigenvalue weighted by molar-refractivity contribution is 5.80. The molecule has 0 atom stereocenters. The van der Waals surface area contributed by atoms with Gasteiger partial charge in [-0.2, -0.15) is 20.1 Å². The molecule has 0 unspecified atom stereocenters. The number of para-hydroxylation sites is 1. The number of carbonyl (C=O) groups is 1. The zero-order valence-corrected chi connectivity index (χ0v) is 17.4. The third kappa shape index (κ3) is 5.91. The molecular weight excluding hydrogens is 408 g/mol. The molecule has 32 heavy (non-hydrogen) atoms. The van der Waals surface area contributed by atoms with Gasteiger partial charge in [-0.25, -0.2) is 5.43 Å². The Hall–Kier alpha value is -4.21. The van der Waals surface area contributed by atoms with Crippen molar-refractivity contribution in [2.24, 2.45) is 10.8 Å². The lowest BCUT2D eigenvalue weighted by Crippen LogP contribution is -2.21. The van der Waals surface area contributed by atoms with Crippen LogP contribution in [0.5, 0.6) is 5.75 Å². The van der Waals surface area contributed by atoms with Gasteiger partial charge in [0.2, 0.25) is 17.8 Å². The minimum absolute atomic E-state index is 0.160. The van der Waals surface area contributed by atoms with E-state index in [1.54, 1.807) is 18.3 Å². The van der Waals surface area contributed by atoms with Gasteiger partial charge in [-0.05, 0) is 54.8 Å².